The molecule has 0 radical (unpaired) electrons. The van der Waals surface area contributed by atoms with Crippen molar-refractivity contribution in [3.05, 3.63) is 28.2 Å². The number of halogens is 1. The Morgan fingerprint density at radius 2 is 2.24 bits per heavy atom. The highest BCUT2D eigenvalue weighted by molar-refractivity contribution is 9.10. The highest BCUT2D eigenvalue weighted by Gasteiger charge is 2.06. The van der Waals surface area contributed by atoms with Crippen LogP contribution in [0, 0.1) is 11.8 Å². The average Bonchev–Trinajstić information content (AvgIpc) is 2.26. The Kier molecular flexibility index (Phi) is 6.10. The minimum Gasteiger partial charge on any atom is -0.492 e. The highest BCUT2D eigenvalue weighted by Crippen LogP contribution is 2.24. The summed E-state index contributed by atoms with van der Waals surface area (Å²) in [6.45, 7) is 4.45. The molecule has 2 nitrogen and oxygen atoms in total. The number of ether oxygens (including phenoxy) is 1. The Morgan fingerprint density at radius 1 is 1.47 bits per heavy atom. The van der Waals surface area contributed by atoms with Crippen LogP contribution in [0.2, 0.25) is 0 Å². The van der Waals surface area contributed by atoms with Crippen LogP contribution in [-0.4, -0.2) is 12.6 Å². The lowest BCUT2D eigenvalue weighted by atomic mass is 10.1. The molecule has 1 aromatic rings. The van der Waals surface area contributed by atoms with Crippen molar-refractivity contribution in [1.82, 2.24) is 0 Å². The van der Waals surface area contributed by atoms with Gasteiger partial charge in [0.25, 0.3) is 0 Å². The standard InChI is InChI=1S/C14H18BrNO/c1-3-4-5-8-17-14-7-6-13(15)10-12(14)9-11(2)16/h6-7,10-11H,5,8-9,16H2,1-2H3. The van der Waals surface area contributed by atoms with Crippen molar-refractivity contribution in [3.8, 4) is 17.6 Å². The molecular weight excluding hydrogens is 278 g/mol. The van der Waals surface area contributed by atoms with Crippen molar-refractivity contribution < 1.29 is 4.74 Å². The van der Waals surface area contributed by atoms with Crippen molar-refractivity contribution in [2.75, 3.05) is 6.61 Å². The molecule has 0 fully saturated rings. The maximum Gasteiger partial charge on any atom is 0.122 e. The van der Waals surface area contributed by atoms with Crippen LogP contribution in [0.25, 0.3) is 0 Å². The summed E-state index contributed by atoms with van der Waals surface area (Å²) in [7, 11) is 0. The first-order valence-corrected chi connectivity index (χ1v) is 6.49. The first-order valence-electron chi connectivity index (χ1n) is 5.70. The summed E-state index contributed by atoms with van der Waals surface area (Å²) in [5.41, 5.74) is 6.96. The highest BCUT2D eigenvalue weighted by atomic mass is 79.9. The maximum atomic E-state index is 5.83. The van der Waals surface area contributed by atoms with Gasteiger partial charge in [-0.2, -0.15) is 0 Å². The zero-order valence-corrected chi connectivity index (χ0v) is 11.9. The Bertz CT molecular complexity index is 418. The molecule has 1 rings (SSSR count). The van der Waals surface area contributed by atoms with Gasteiger partial charge < -0.3 is 10.5 Å². The first-order chi connectivity index (χ1) is 8.13. The van der Waals surface area contributed by atoms with Gasteiger partial charge in [0.2, 0.25) is 0 Å². The molecule has 17 heavy (non-hydrogen) atoms. The molecule has 92 valence electrons. The smallest absolute Gasteiger partial charge is 0.122 e. The number of benzene rings is 1. The van der Waals surface area contributed by atoms with E-state index in [0.29, 0.717) is 6.61 Å². The molecule has 1 unspecified atom stereocenters. The Labute approximate surface area is 112 Å². The maximum absolute atomic E-state index is 5.83. The minimum absolute atomic E-state index is 0.127. The average molecular weight is 296 g/mol. The third-order valence-corrected chi connectivity index (χ3v) is 2.72. The van der Waals surface area contributed by atoms with Gasteiger partial charge >= 0.3 is 0 Å². The van der Waals surface area contributed by atoms with E-state index in [1.54, 1.807) is 0 Å². The predicted molar refractivity (Wildman–Crippen MR) is 75.1 cm³/mol. The van der Waals surface area contributed by atoms with Crippen LogP contribution in [-0.2, 0) is 6.42 Å². The fraction of sp³-hybridized carbons (Fsp3) is 0.429. The van der Waals surface area contributed by atoms with Crippen LogP contribution >= 0.6 is 15.9 Å². The molecule has 0 heterocycles. The zero-order chi connectivity index (χ0) is 12.7. The van der Waals surface area contributed by atoms with Crippen molar-refractivity contribution in [2.24, 2.45) is 5.73 Å². The lowest BCUT2D eigenvalue weighted by Crippen LogP contribution is -2.18. The van der Waals surface area contributed by atoms with Gasteiger partial charge in [-0.15, -0.1) is 11.8 Å². The summed E-state index contributed by atoms with van der Waals surface area (Å²) in [6, 6.07) is 6.14. The normalized spacial score (nSPS) is 11.5. The van der Waals surface area contributed by atoms with Crippen molar-refractivity contribution in [2.45, 2.75) is 32.7 Å². The van der Waals surface area contributed by atoms with E-state index in [9.17, 15) is 0 Å². The van der Waals surface area contributed by atoms with E-state index in [2.05, 4.69) is 33.8 Å². The summed E-state index contributed by atoms with van der Waals surface area (Å²) in [6.07, 6.45) is 1.57. The molecule has 0 saturated heterocycles. The van der Waals surface area contributed by atoms with Crippen LogP contribution < -0.4 is 10.5 Å². The molecule has 1 atom stereocenters. The third kappa shape index (κ3) is 5.25. The van der Waals surface area contributed by atoms with Crippen LogP contribution in [0.5, 0.6) is 5.75 Å². The first kappa shape index (κ1) is 14.1. The van der Waals surface area contributed by atoms with Gasteiger partial charge in [-0.05, 0) is 44.0 Å². The SMILES string of the molecule is CC#CCCOc1ccc(Br)cc1CC(C)N. The number of rotatable bonds is 5. The lowest BCUT2D eigenvalue weighted by Gasteiger charge is -2.12. The van der Waals surface area contributed by atoms with Gasteiger partial charge in [0.05, 0.1) is 6.61 Å². The van der Waals surface area contributed by atoms with E-state index in [-0.39, 0.29) is 6.04 Å². The van der Waals surface area contributed by atoms with Gasteiger partial charge in [-0.25, -0.2) is 0 Å². The second kappa shape index (κ2) is 7.37. The van der Waals surface area contributed by atoms with Gasteiger partial charge in [-0.1, -0.05) is 15.9 Å². The lowest BCUT2D eigenvalue weighted by molar-refractivity contribution is 0.323. The van der Waals surface area contributed by atoms with Gasteiger partial charge in [0.1, 0.15) is 5.75 Å². The molecular formula is C14H18BrNO. The molecule has 0 bridgehead atoms. The Balaban J connectivity index is 2.70. The minimum atomic E-state index is 0.127. The quantitative estimate of drug-likeness (QED) is 0.669. The van der Waals surface area contributed by atoms with Gasteiger partial charge in [0.15, 0.2) is 0 Å². The van der Waals surface area contributed by atoms with Crippen molar-refractivity contribution >= 4 is 15.9 Å². The summed E-state index contributed by atoms with van der Waals surface area (Å²) in [5, 5.41) is 0. The van der Waals surface area contributed by atoms with E-state index in [0.717, 1.165) is 28.6 Å². The topological polar surface area (TPSA) is 35.2 Å². The largest absolute Gasteiger partial charge is 0.492 e. The van der Waals surface area contributed by atoms with Crippen molar-refractivity contribution in [3.63, 3.8) is 0 Å². The molecule has 1 aromatic carbocycles. The summed E-state index contributed by atoms with van der Waals surface area (Å²) < 4.78 is 6.77. The molecule has 0 aromatic heterocycles. The monoisotopic (exact) mass is 295 g/mol. The summed E-state index contributed by atoms with van der Waals surface area (Å²) in [5.74, 6) is 6.74. The second-order valence-corrected chi connectivity index (χ2v) is 4.87. The molecule has 2 N–H and O–H groups in total. The summed E-state index contributed by atoms with van der Waals surface area (Å²) in [4.78, 5) is 0. The van der Waals surface area contributed by atoms with E-state index in [1.807, 2.05) is 26.0 Å². The zero-order valence-electron chi connectivity index (χ0n) is 10.3. The Morgan fingerprint density at radius 3 is 2.88 bits per heavy atom. The van der Waals surface area contributed by atoms with Crippen LogP contribution in [0.15, 0.2) is 22.7 Å². The second-order valence-electron chi connectivity index (χ2n) is 3.96. The van der Waals surface area contributed by atoms with Crippen LogP contribution in [0.4, 0.5) is 0 Å². The van der Waals surface area contributed by atoms with Gasteiger partial charge in [-0.3, -0.25) is 0 Å². The van der Waals surface area contributed by atoms with E-state index in [1.165, 1.54) is 0 Å². The molecule has 0 aliphatic rings. The summed E-state index contributed by atoms with van der Waals surface area (Å²) >= 11 is 3.46. The fourth-order valence-corrected chi connectivity index (χ4v) is 1.94. The molecule has 0 saturated carbocycles. The number of hydrogen-bond donors (Lipinski definition) is 1. The van der Waals surface area contributed by atoms with Gasteiger partial charge in [0, 0.05) is 16.9 Å². The molecule has 0 amide bonds. The van der Waals surface area contributed by atoms with E-state index in [4.69, 9.17) is 10.5 Å². The molecule has 0 aliphatic carbocycles. The molecule has 3 heteroatoms. The van der Waals surface area contributed by atoms with E-state index >= 15 is 0 Å². The molecule has 0 aliphatic heterocycles. The molecule has 0 spiro atoms. The third-order valence-electron chi connectivity index (χ3n) is 2.23. The number of hydrogen-bond acceptors (Lipinski definition) is 2. The Hall–Kier alpha value is -0.980. The predicted octanol–water partition coefficient (Wildman–Crippen LogP) is 3.13. The fourth-order valence-electron chi connectivity index (χ4n) is 1.53. The van der Waals surface area contributed by atoms with E-state index < -0.39 is 0 Å². The number of nitrogens with two attached hydrogens (primary N) is 1. The van der Waals surface area contributed by atoms with Crippen LogP contribution in [0.1, 0.15) is 25.8 Å². The van der Waals surface area contributed by atoms with Crippen LogP contribution in [0.3, 0.4) is 0 Å². The van der Waals surface area contributed by atoms with Crippen molar-refractivity contribution in [1.29, 1.82) is 0 Å².